The molecule has 6 nitrogen and oxygen atoms in total. The first kappa shape index (κ1) is 20.5. The Kier molecular flexibility index (Phi) is 6.02. The molecule has 3 heterocycles. The van der Waals surface area contributed by atoms with Gasteiger partial charge in [0.15, 0.2) is 0 Å². The van der Waals surface area contributed by atoms with Gasteiger partial charge in [-0.3, -0.25) is 4.79 Å². The Labute approximate surface area is 177 Å². The lowest BCUT2D eigenvalue weighted by atomic mass is 9.71. The van der Waals surface area contributed by atoms with Gasteiger partial charge in [0.2, 0.25) is 5.91 Å². The minimum atomic E-state index is -0.185. The highest BCUT2D eigenvalue weighted by atomic mass is 35.5. The molecule has 29 heavy (non-hydrogen) atoms. The Hall–Kier alpha value is -1.79. The Bertz CT molecular complexity index is 773. The number of rotatable bonds is 2. The van der Waals surface area contributed by atoms with E-state index >= 15 is 0 Å². The van der Waals surface area contributed by atoms with Gasteiger partial charge in [-0.2, -0.15) is 0 Å². The van der Waals surface area contributed by atoms with E-state index < -0.39 is 0 Å². The number of likely N-dealkylation sites (tertiary alicyclic amines) is 2. The van der Waals surface area contributed by atoms with Crippen LogP contribution >= 0.6 is 11.6 Å². The van der Waals surface area contributed by atoms with E-state index in [1.165, 1.54) is 6.42 Å². The van der Waals surface area contributed by atoms with Crippen molar-refractivity contribution in [2.75, 3.05) is 44.7 Å². The molecule has 7 heteroatoms. The molecule has 0 saturated carbocycles. The van der Waals surface area contributed by atoms with E-state index in [-0.39, 0.29) is 23.3 Å². The van der Waals surface area contributed by atoms with Gasteiger partial charge in [-0.1, -0.05) is 17.7 Å². The Morgan fingerprint density at radius 2 is 1.86 bits per heavy atom. The van der Waals surface area contributed by atoms with Crippen molar-refractivity contribution in [2.24, 2.45) is 11.3 Å². The van der Waals surface area contributed by atoms with Crippen molar-refractivity contribution in [1.82, 2.24) is 9.80 Å². The number of urea groups is 1. The van der Waals surface area contributed by atoms with Gasteiger partial charge in [-0.05, 0) is 56.7 Å². The lowest BCUT2D eigenvalue weighted by Crippen LogP contribution is -2.47. The van der Waals surface area contributed by atoms with Crippen molar-refractivity contribution in [3.05, 3.63) is 28.8 Å². The third-order valence-electron chi connectivity index (χ3n) is 6.76. The number of amides is 3. The van der Waals surface area contributed by atoms with Crippen LogP contribution < -0.4 is 5.32 Å². The summed E-state index contributed by atoms with van der Waals surface area (Å²) in [5.41, 5.74) is 1.47. The molecule has 0 unspecified atom stereocenters. The highest BCUT2D eigenvalue weighted by molar-refractivity contribution is 6.33. The van der Waals surface area contributed by atoms with Crippen LogP contribution in [0.25, 0.3) is 0 Å². The van der Waals surface area contributed by atoms with Crippen LogP contribution in [0.1, 0.15) is 37.7 Å². The second kappa shape index (κ2) is 8.52. The second-order valence-corrected chi connectivity index (χ2v) is 9.11. The summed E-state index contributed by atoms with van der Waals surface area (Å²) < 4.78 is 5.59. The third-order valence-corrected chi connectivity index (χ3v) is 7.07. The summed E-state index contributed by atoms with van der Waals surface area (Å²) in [7, 11) is 0. The van der Waals surface area contributed by atoms with Gasteiger partial charge in [-0.15, -0.1) is 0 Å². The molecular weight excluding hydrogens is 390 g/mol. The molecule has 1 N–H and O–H groups in total. The van der Waals surface area contributed by atoms with Crippen molar-refractivity contribution < 1.29 is 14.3 Å². The van der Waals surface area contributed by atoms with Crippen LogP contribution in [0.4, 0.5) is 10.5 Å². The molecule has 0 aliphatic carbocycles. The van der Waals surface area contributed by atoms with Gasteiger partial charge in [0.05, 0.1) is 16.6 Å². The van der Waals surface area contributed by atoms with Gasteiger partial charge >= 0.3 is 6.03 Å². The van der Waals surface area contributed by atoms with Crippen molar-refractivity contribution in [3.8, 4) is 0 Å². The van der Waals surface area contributed by atoms with Crippen molar-refractivity contribution in [1.29, 1.82) is 0 Å². The number of halogens is 1. The van der Waals surface area contributed by atoms with Gasteiger partial charge in [0.1, 0.15) is 0 Å². The number of hydrogen-bond donors (Lipinski definition) is 1. The highest BCUT2D eigenvalue weighted by Gasteiger charge is 2.52. The molecule has 3 fully saturated rings. The number of aryl methyl sites for hydroxylation is 1. The topological polar surface area (TPSA) is 61.9 Å². The van der Waals surface area contributed by atoms with E-state index in [4.69, 9.17) is 16.3 Å². The zero-order valence-electron chi connectivity index (χ0n) is 17.1. The molecule has 1 spiro atoms. The molecule has 4 rings (SSSR count). The molecule has 158 valence electrons. The van der Waals surface area contributed by atoms with Crippen LogP contribution in [-0.2, 0) is 9.53 Å². The fourth-order valence-electron chi connectivity index (χ4n) is 5.00. The monoisotopic (exact) mass is 419 g/mol. The maximum Gasteiger partial charge on any atom is 0.321 e. The van der Waals surface area contributed by atoms with Crippen molar-refractivity contribution in [3.63, 3.8) is 0 Å². The second-order valence-electron chi connectivity index (χ2n) is 8.71. The van der Waals surface area contributed by atoms with Crippen LogP contribution in [0.3, 0.4) is 0 Å². The average Bonchev–Trinajstić information content (AvgIpc) is 3.09. The molecule has 1 atom stereocenters. The van der Waals surface area contributed by atoms with Crippen molar-refractivity contribution in [2.45, 2.75) is 39.0 Å². The number of hydrogen-bond acceptors (Lipinski definition) is 3. The zero-order valence-corrected chi connectivity index (χ0v) is 17.8. The first-order valence-electron chi connectivity index (χ1n) is 10.7. The molecule has 3 amide bonds. The smallest absolute Gasteiger partial charge is 0.321 e. The Morgan fingerprint density at radius 3 is 2.55 bits per heavy atom. The first-order valence-corrected chi connectivity index (χ1v) is 11.0. The SMILES string of the molecule is Cc1ccc(NC(=O)N2C[C@@H](C(=O)N3CCCCC3)C3(CCOCC3)C2)c(Cl)c1. The van der Waals surface area contributed by atoms with Crippen LogP contribution in [0.2, 0.25) is 5.02 Å². The fraction of sp³-hybridized carbons (Fsp3) is 0.636. The van der Waals surface area contributed by atoms with Crippen molar-refractivity contribution >= 4 is 29.2 Å². The molecule has 0 radical (unpaired) electrons. The minimum absolute atomic E-state index is 0.149. The third kappa shape index (κ3) is 4.24. The van der Waals surface area contributed by atoms with E-state index in [2.05, 4.69) is 5.32 Å². The summed E-state index contributed by atoms with van der Waals surface area (Å²) in [6.45, 7) is 6.01. The van der Waals surface area contributed by atoms with Crippen LogP contribution in [0, 0.1) is 18.3 Å². The first-order chi connectivity index (χ1) is 14.0. The predicted molar refractivity (Wildman–Crippen MR) is 113 cm³/mol. The minimum Gasteiger partial charge on any atom is -0.381 e. The lowest BCUT2D eigenvalue weighted by molar-refractivity contribution is -0.141. The molecule has 3 aliphatic rings. The van der Waals surface area contributed by atoms with Gasteiger partial charge in [0.25, 0.3) is 0 Å². The maximum atomic E-state index is 13.4. The molecule has 3 aliphatic heterocycles. The number of benzene rings is 1. The number of nitrogens with one attached hydrogen (secondary N) is 1. The molecule has 0 bridgehead atoms. The number of carbonyl (C=O) groups is 2. The summed E-state index contributed by atoms with van der Waals surface area (Å²) in [6, 6.07) is 5.40. The normalized spacial score (nSPS) is 24.0. The van der Waals surface area contributed by atoms with Crippen LogP contribution in [0.15, 0.2) is 18.2 Å². The van der Waals surface area contributed by atoms with Gasteiger partial charge in [-0.25, -0.2) is 4.79 Å². The molecule has 1 aromatic carbocycles. The van der Waals surface area contributed by atoms with Crippen LogP contribution in [0.5, 0.6) is 0 Å². The fourth-order valence-corrected chi connectivity index (χ4v) is 5.28. The zero-order chi connectivity index (χ0) is 20.4. The van der Waals surface area contributed by atoms with E-state index in [1.807, 2.05) is 30.0 Å². The number of anilines is 1. The summed E-state index contributed by atoms with van der Waals surface area (Å²) >= 11 is 6.29. The molecule has 0 aromatic heterocycles. The Morgan fingerprint density at radius 1 is 1.14 bits per heavy atom. The van der Waals surface area contributed by atoms with E-state index in [1.54, 1.807) is 4.90 Å². The standard InChI is InChI=1S/C22H30ClN3O3/c1-16-5-6-19(18(23)13-16)24-21(28)26-14-17(20(27)25-9-3-2-4-10-25)22(15-26)7-11-29-12-8-22/h5-6,13,17H,2-4,7-12,14-15H2,1H3,(H,24,28)/t17-/m0/s1. The van der Waals surface area contributed by atoms with Gasteiger partial charge in [0, 0.05) is 44.8 Å². The van der Waals surface area contributed by atoms with Crippen LogP contribution in [-0.4, -0.2) is 61.1 Å². The number of nitrogens with zero attached hydrogens (tertiary/aromatic N) is 2. The number of piperidine rings is 1. The summed E-state index contributed by atoms with van der Waals surface area (Å²) in [4.78, 5) is 30.2. The highest BCUT2D eigenvalue weighted by Crippen LogP contribution is 2.45. The van der Waals surface area contributed by atoms with Gasteiger partial charge < -0.3 is 19.9 Å². The Balaban J connectivity index is 1.51. The van der Waals surface area contributed by atoms with E-state index in [0.717, 1.165) is 44.3 Å². The quantitative estimate of drug-likeness (QED) is 0.790. The average molecular weight is 420 g/mol. The molecule has 3 saturated heterocycles. The molecule has 1 aromatic rings. The summed E-state index contributed by atoms with van der Waals surface area (Å²) in [5, 5.41) is 3.47. The predicted octanol–water partition coefficient (Wildman–Crippen LogP) is 3.92. The van der Waals surface area contributed by atoms with E-state index in [9.17, 15) is 9.59 Å². The largest absolute Gasteiger partial charge is 0.381 e. The summed E-state index contributed by atoms with van der Waals surface area (Å²) in [6.07, 6.45) is 4.99. The maximum absolute atomic E-state index is 13.4. The van der Waals surface area contributed by atoms with E-state index in [0.29, 0.717) is 37.0 Å². The number of carbonyl (C=O) groups excluding carboxylic acids is 2. The molecular formula is C22H30ClN3O3. The summed E-state index contributed by atoms with van der Waals surface area (Å²) in [5.74, 6) is 0.0685. The number of ether oxygens (including phenoxy) is 1. The lowest BCUT2D eigenvalue weighted by Gasteiger charge is -2.39.